The second-order valence-corrected chi connectivity index (χ2v) is 6.17. The molecule has 2 atom stereocenters. The Bertz CT molecular complexity index is 1050. The average Bonchev–Trinajstić information content (AvgIpc) is 3.27. The molecule has 0 bridgehead atoms. The third-order valence-electron chi connectivity index (χ3n) is 4.63. The summed E-state index contributed by atoms with van der Waals surface area (Å²) in [5.41, 5.74) is 1.81. The Labute approximate surface area is 142 Å². The molecule has 8 nitrogen and oxygen atoms in total. The number of aromatic nitrogens is 5. The quantitative estimate of drug-likeness (QED) is 0.741. The van der Waals surface area contributed by atoms with Gasteiger partial charge in [-0.3, -0.25) is 9.78 Å². The molecule has 1 saturated carbocycles. The van der Waals surface area contributed by atoms with Gasteiger partial charge in [0.05, 0.1) is 12.7 Å². The molecule has 3 aromatic rings. The van der Waals surface area contributed by atoms with E-state index < -0.39 is 11.2 Å². The Morgan fingerprint density at radius 1 is 1.28 bits per heavy atom. The molecule has 0 amide bonds. The number of nitrogens with zero attached hydrogens (tertiary/aromatic N) is 3. The van der Waals surface area contributed by atoms with Crippen LogP contribution in [-0.4, -0.2) is 31.8 Å². The van der Waals surface area contributed by atoms with Gasteiger partial charge in [0, 0.05) is 36.6 Å². The highest BCUT2D eigenvalue weighted by molar-refractivity contribution is 5.58. The summed E-state index contributed by atoms with van der Waals surface area (Å²) >= 11 is 0. The highest BCUT2D eigenvalue weighted by Crippen LogP contribution is 2.56. The molecule has 4 rings (SSSR count). The van der Waals surface area contributed by atoms with Crippen LogP contribution in [-0.2, 0) is 7.05 Å². The molecule has 1 aliphatic rings. The largest absolute Gasteiger partial charge is 0.480 e. The van der Waals surface area contributed by atoms with E-state index >= 15 is 0 Å². The van der Waals surface area contributed by atoms with Gasteiger partial charge in [-0.15, -0.1) is 10.2 Å². The lowest BCUT2D eigenvalue weighted by molar-refractivity contribution is 0.386. The fourth-order valence-corrected chi connectivity index (χ4v) is 3.28. The molecular formula is C17H17N5O3. The topological polar surface area (TPSA) is 106 Å². The minimum Gasteiger partial charge on any atom is -0.480 e. The van der Waals surface area contributed by atoms with Crippen LogP contribution in [0.4, 0.5) is 0 Å². The number of hydrogen-bond donors (Lipinski definition) is 2. The van der Waals surface area contributed by atoms with Crippen molar-refractivity contribution < 1.29 is 4.74 Å². The lowest BCUT2D eigenvalue weighted by Crippen LogP contribution is -2.23. The second kappa shape index (κ2) is 5.73. The normalized spacial score (nSPS) is 19.0. The van der Waals surface area contributed by atoms with Gasteiger partial charge in [-0.05, 0) is 30.5 Å². The summed E-state index contributed by atoms with van der Waals surface area (Å²) in [6.07, 6.45) is 4.36. The molecule has 0 aromatic carbocycles. The van der Waals surface area contributed by atoms with Gasteiger partial charge in [0.2, 0.25) is 5.88 Å². The first-order chi connectivity index (χ1) is 12.1. The van der Waals surface area contributed by atoms with Crippen LogP contribution in [0.5, 0.6) is 5.88 Å². The molecule has 0 radical (unpaired) electrons. The highest BCUT2D eigenvalue weighted by atomic mass is 16.5. The van der Waals surface area contributed by atoms with Crippen LogP contribution in [0.15, 0.2) is 40.2 Å². The number of nitrogens with one attached hydrogen (secondary N) is 2. The van der Waals surface area contributed by atoms with E-state index in [4.69, 9.17) is 4.74 Å². The van der Waals surface area contributed by atoms with Gasteiger partial charge >= 0.3 is 5.69 Å². The van der Waals surface area contributed by atoms with E-state index in [1.807, 2.05) is 25.4 Å². The number of aromatic amines is 2. The van der Waals surface area contributed by atoms with Crippen LogP contribution in [0, 0.1) is 0 Å². The van der Waals surface area contributed by atoms with Crippen molar-refractivity contribution in [2.75, 3.05) is 7.11 Å². The summed E-state index contributed by atoms with van der Waals surface area (Å²) in [5.74, 6) is 1.12. The number of H-pyrrole nitrogens is 2. The Kier molecular flexibility index (Phi) is 3.52. The maximum Gasteiger partial charge on any atom is 0.325 e. The van der Waals surface area contributed by atoms with E-state index in [1.54, 1.807) is 7.11 Å². The summed E-state index contributed by atoms with van der Waals surface area (Å²) in [6, 6.07) is 5.96. The van der Waals surface area contributed by atoms with Gasteiger partial charge in [0.25, 0.3) is 5.56 Å². The van der Waals surface area contributed by atoms with Crippen LogP contribution in [0.1, 0.15) is 29.5 Å². The van der Waals surface area contributed by atoms with Crippen molar-refractivity contribution in [3.05, 3.63) is 62.7 Å². The van der Waals surface area contributed by atoms with Gasteiger partial charge in [-0.2, -0.15) is 0 Å². The minimum absolute atomic E-state index is 0.264. The third-order valence-corrected chi connectivity index (χ3v) is 4.63. The molecule has 3 aromatic heterocycles. The SMILES string of the molecule is COc1nnc(-c2c[nH]c(=O)[nH]c2=O)cc1[C@H]1CC1c1cccn1C. The standard InChI is InChI=1S/C17H17N5O3/c1-22-5-3-4-14(22)10-6-9(10)11-7-13(20-21-16(11)25-2)12-8-18-17(24)19-15(12)23/h3-5,7-10H,6H2,1-2H3,(H2,18,19,23,24)/t9-,10?/m0/s1. The Morgan fingerprint density at radius 2 is 2.12 bits per heavy atom. The summed E-state index contributed by atoms with van der Waals surface area (Å²) in [4.78, 5) is 27.9. The zero-order chi connectivity index (χ0) is 17.6. The fraction of sp³-hybridized carbons (Fsp3) is 0.294. The van der Waals surface area contributed by atoms with Crippen LogP contribution < -0.4 is 16.0 Å². The second-order valence-electron chi connectivity index (χ2n) is 6.17. The molecular weight excluding hydrogens is 322 g/mol. The molecule has 128 valence electrons. The van der Waals surface area contributed by atoms with Crippen LogP contribution in [0.3, 0.4) is 0 Å². The maximum atomic E-state index is 12.0. The Balaban J connectivity index is 1.74. The first kappa shape index (κ1) is 15.4. The van der Waals surface area contributed by atoms with Crippen molar-refractivity contribution in [3.8, 4) is 17.1 Å². The Morgan fingerprint density at radius 3 is 2.80 bits per heavy atom. The van der Waals surface area contributed by atoms with Gasteiger partial charge < -0.3 is 14.3 Å². The molecule has 1 aliphatic carbocycles. The molecule has 25 heavy (non-hydrogen) atoms. The van der Waals surface area contributed by atoms with E-state index in [2.05, 4.69) is 30.8 Å². The first-order valence-corrected chi connectivity index (χ1v) is 7.93. The lowest BCUT2D eigenvalue weighted by atomic mass is 10.1. The highest BCUT2D eigenvalue weighted by Gasteiger charge is 2.43. The maximum absolute atomic E-state index is 12.0. The molecule has 1 unspecified atom stereocenters. The Hall–Kier alpha value is -3.16. The number of ether oxygens (including phenoxy) is 1. The van der Waals surface area contributed by atoms with E-state index in [1.165, 1.54) is 11.9 Å². The van der Waals surface area contributed by atoms with Gasteiger partial charge in [0.1, 0.15) is 5.69 Å². The van der Waals surface area contributed by atoms with Crippen LogP contribution in [0.2, 0.25) is 0 Å². The molecule has 3 heterocycles. The molecule has 2 N–H and O–H groups in total. The average molecular weight is 339 g/mol. The monoisotopic (exact) mass is 339 g/mol. The fourth-order valence-electron chi connectivity index (χ4n) is 3.28. The number of aryl methyl sites for hydroxylation is 1. The minimum atomic E-state index is -0.554. The van der Waals surface area contributed by atoms with Crippen molar-refractivity contribution in [1.82, 2.24) is 24.7 Å². The van der Waals surface area contributed by atoms with E-state index in [0.29, 0.717) is 17.5 Å². The van der Waals surface area contributed by atoms with E-state index in [-0.39, 0.29) is 11.5 Å². The summed E-state index contributed by atoms with van der Waals surface area (Å²) < 4.78 is 7.47. The molecule has 0 spiro atoms. The van der Waals surface area contributed by atoms with Gasteiger partial charge in [-0.25, -0.2) is 4.79 Å². The van der Waals surface area contributed by atoms with Crippen molar-refractivity contribution in [1.29, 1.82) is 0 Å². The predicted octanol–water partition coefficient (Wildman–Crippen LogP) is 1.14. The van der Waals surface area contributed by atoms with Crippen LogP contribution in [0.25, 0.3) is 11.3 Å². The zero-order valence-electron chi connectivity index (χ0n) is 13.8. The smallest absolute Gasteiger partial charge is 0.325 e. The van der Waals surface area contributed by atoms with Gasteiger partial charge in [0.15, 0.2) is 0 Å². The number of methoxy groups -OCH3 is 1. The van der Waals surface area contributed by atoms with Crippen LogP contribution >= 0.6 is 0 Å². The summed E-state index contributed by atoms with van der Waals surface area (Å²) in [5, 5.41) is 8.18. The summed E-state index contributed by atoms with van der Waals surface area (Å²) in [7, 11) is 3.58. The lowest BCUT2D eigenvalue weighted by Gasteiger charge is -2.09. The van der Waals surface area contributed by atoms with E-state index in [9.17, 15) is 9.59 Å². The van der Waals surface area contributed by atoms with E-state index in [0.717, 1.165) is 12.0 Å². The predicted molar refractivity (Wildman–Crippen MR) is 90.8 cm³/mol. The number of hydrogen-bond acceptors (Lipinski definition) is 5. The molecule has 0 saturated heterocycles. The third kappa shape index (κ3) is 2.65. The molecule has 1 fully saturated rings. The van der Waals surface area contributed by atoms with Crippen molar-refractivity contribution in [2.45, 2.75) is 18.3 Å². The first-order valence-electron chi connectivity index (χ1n) is 7.93. The number of rotatable bonds is 4. The van der Waals surface area contributed by atoms with Crippen molar-refractivity contribution in [3.63, 3.8) is 0 Å². The summed E-state index contributed by atoms with van der Waals surface area (Å²) in [6.45, 7) is 0. The van der Waals surface area contributed by atoms with Crippen molar-refractivity contribution in [2.24, 2.45) is 7.05 Å². The van der Waals surface area contributed by atoms with Crippen molar-refractivity contribution >= 4 is 0 Å². The molecule has 0 aliphatic heterocycles. The van der Waals surface area contributed by atoms with Gasteiger partial charge in [-0.1, -0.05) is 0 Å². The zero-order valence-corrected chi connectivity index (χ0v) is 13.8. The molecule has 8 heteroatoms.